The first kappa shape index (κ1) is 19.0. The van der Waals surface area contributed by atoms with Crippen molar-refractivity contribution in [2.45, 2.75) is 13.0 Å². The third kappa shape index (κ3) is 3.68. The molecule has 8 nitrogen and oxygen atoms in total. The van der Waals surface area contributed by atoms with Crippen LogP contribution < -0.4 is 19.0 Å². The SMILES string of the molecule is COC(=O)CCn1c(=NC(=O)c2ccccc2OC)sc2cc3c(cc21)OCO3. The summed E-state index contributed by atoms with van der Waals surface area (Å²) < 4.78 is 23.6. The van der Waals surface area contributed by atoms with Gasteiger partial charge in [0, 0.05) is 18.7 Å². The number of hydrogen-bond acceptors (Lipinski definition) is 7. The Morgan fingerprint density at radius 1 is 1.17 bits per heavy atom. The number of aromatic nitrogens is 1. The molecule has 0 saturated heterocycles. The highest BCUT2D eigenvalue weighted by Gasteiger charge is 2.19. The minimum atomic E-state index is -0.430. The quantitative estimate of drug-likeness (QED) is 0.597. The fourth-order valence-corrected chi connectivity index (χ4v) is 4.10. The van der Waals surface area contributed by atoms with E-state index in [1.807, 2.05) is 16.7 Å². The number of rotatable bonds is 5. The highest BCUT2D eigenvalue weighted by atomic mass is 32.1. The van der Waals surface area contributed by atoms with E-state index in [9.17, 15) is 9.59 Å². The number of amides is 1. The number of para-hydroxylation sites is 1. The lowest BCUT2D eigenvalue weighted by Crippen LogP contribution is -2.19. The third-order valence-corrected chi connectivity index (χ3v) is 5.52. The summed E-state index contributed by atoms with van der Waals surface area (Å²) in [4.78, 5) is 29.3. The lowest BCUT2D eigenvalue weighted by Gasteiger charge is -2.06. The van der Waals surface area contributed by atoms with Gasteiger partial charge in [-0.2, -0.15) is 4.99 Å². The summed E-state index contributed by atoms with van der Waals surface area (Å²) in [5.41, 5.74) is 1.16. The number of esters is 1. The molecule has 4 rings (SSSR count). The summed E-state index contributed by atoms with van der Waals surface area (Å²) in [7, 11) is 2.84. The molecule has 3 aromatic rings. The number of hydrogen-bond donors (Lipinski definition) is 0. The Morgan fingerprint density at radius 3 is 2.69 bits per heavy atom. The van der Waals surface area contributed by atoms with Gasteiger partial charge in [-0.25, -0.2) is 0 Å². The molecule has 1 aromatic heterocycles. The first-order chi connectivity index (χ1) is 14.1. The molecule has 0 spiro atoms. The van der Waals surface area contributed by atoms with Crippen LogP contribution in [0, 0.1) is 0 Å². The summed E-state index contributed by atoms with van der Waals surface area (Å²) in [5.74, 6) is 0.927. The van der Waals surface area contributed by atoms with E-state index in [0.29, 0.717) is 34.2 Å². The van der Waals surface area contributed by atoms with Gasteiger partial charge in [0.1, 0.15) is 5.75 Å². The van der Waals surface area contributed by atoms with Crippen molar-refractivity contribution in [1.82, 2.24) is 4.57 Å². The fourth-order valence-electron chi connectivity index (χ4n) is 3.03. The molecule has 1 aliphatic heterocycles. The average molecular weight is 414 g/mol. The third-order valence-electron chi connectivity index (χ3n) is 4.48. The Hall–Kier alpha value is -3.33. The minimum absolute atomic E-state index is 0.146. The molecule has 9 heteroatoms. The maximum Gasteiger partial charge on any atom is 0.307 e. The van der Waals surface area contributed by atoms with Crippen LogP contribution in [0.25, 0.3) is 10.2 Å². The van der Waals surface area contributed by atoms with Crippen LogP contribution in [-0.2, 0) is 16.1 Å². The van der Waals surface area contributed by atoms with Crippen LogP contribution in [0.3, 0.4) is 0 Å². The number of thiazole rings is 1. The Morgan fingerprint density at radius 2 is 1.93 bits per heavy atom. The Labute approximate surface area is 169 Å². The average Bonchev–Trinajstić information content (AvgIpc) is 3.33. The second-order valence-electron chi connectivity index (χ2n) is 6.15. The number of carbonyl (C=O) groups excluding carboxylic acids is 2. The van der Waals surface area contributed by atoms with Crippen molar-refractivity contribution in [3.8, 4) is 17.2 Å². The lowest BCUT2D eigenvalue weighted by atomic mass is 10.2. The molecule has 0 N–H and O–H groups in total. The molecule has 0 radical (unpaired) electrons. The summed E-state index contributed by atoms with van der Waals surface area (Å²) in [6.45, 7) is 0.475. The molecule has 0 aliphatic carbocycles. The molecule has 29 heavy (non-hydrogen) atoms. The molecular formula is C20H18N2O6S. The van der Waals surface area contributed by atoms with Crippen molar-refractivity contribution in [3.05, 3.63) is 46.8 Å². The Kier molecular flexibility index (Phi) is 5.22. The number of aryl methyl sites for hydroxylation is 1. The summed E-state index contributed by atoms with van der Waals surface area (Å²) in [6.07, 6.45) is 0.146. The van der Waals surface area contributed by atoms with Crippen LogP contribution in [0.5, 0.6) is 17.2 Å². The van der Waals surface area contributed by atoms with E-state index in [-0.39, 0.29) is 19.2 Å². The van der Waals surface area contributed by atoms with E-state index in [1.165, 1.54) is 25.6 Å². The first-order valence-electron chi connectivity index (χ1n) is 8.82. The molecule has 150 valence electrons. The Balaban J connectivity index is 1.82. The number of benzene rings is 2. The number of carbonyl (C=O) groups is 2. The highest BCUT2D eigenvalue weighted by Crippen LogP contribution is 2.37. The van der Waals surface area contributed by atoms with E-state index in [0.717, 1.165) is 10.2 Å². The van der Waals surface area contributed by atoms with Crippen LogP contribution in [0.2, 0.25) is 0 Å². The highest BCUT2D eigenvalue weighted by molar-refractivity contribution is 7.16. The fraction of sp³-hybridized carbons (Fsp3) is 0.250. The maximum atomic E-state index is 12.8. The van der Waals surface area contributed by atoms with Crippen LogP contribution in [-0.4, -0.2) is 37.5 Å². The monoisotopic (exact) mass is 414 g/mol. The van der Waals surface area contributed by atoms with Crippen molar-refractivity contribution in [2.75, 3.05) is 21.0 Å². The van der Waals surface area contributed by atoms with Crippen LogP contribution in [0.4, 0.5) is 0 Å². The van der Waals surface area contributed by atoms with Gasteiger partial charge in [-0.05, 0) is 12.1 Å². The molecule has 2 heterocycles. The second kappa shape index (κ2) is 7.96. The maximum absolute atomic E-state index is 12.8. The molecule has 0 atom stereocenters. The van der Waals surface area contributed by atoms with Crippen molar-refractivity contribution in [2.24, 2.45) is 4.99 Å². The zero-order valence-corrected chi connectivity index (χ0v) is 16.7. The topological polar surface area (TPSA) is 88.4 Å². The number of methoxy groups -OCH3 is 2. The van der Waals surface area contributed by atoms with E-state index in [2.05, 4.69) is 4.99 Å². The summed E-state index contributed by atoms with van der Waals surface area (Å²) >= 11 is 1.33. The van der Waals surface area contributed by atoms with Crippen LogP contribution in [0.15, 0.2) is 41.4 Å². The minimum Gasteiger partial charge on any atom is -0.496 e. The largest absolute Gasteiger partial charge is 0.496 e. The summed E-state index contributed by atoms with van der Waals surface area (Å²) in [6, 6.07) is 10.6. The van der Waals surface area contributed by atoms with E-state index >= 15 is 0 Å². The normalized spacial score (nSPS) is 13.0. The van der Waals surface area contributed by atoms with Gasteiger partial charge in [0.25, 0.3) is 5.91 Å². The van der Waals surface area contributed by atoms with Gasteiger partial charge in [-0.15, -0.1) is 0 Å². The van der Waals surface area contributed by atoms with E-state index < -0.39 is 5.91 Å². The molecule has 2 aromatic carbocycles. The molecular weight excluding hydrogens is 396 g/mol. The van der Waals surface area contributed by atoms with Crippen LogP contribution >= 0.6 is 11.3 Å². The van der Waals surface area contributed by atoms with Gasteiger partial charge in [0.2, 0.25) is 6.79 Å². The van der Waals surface area contributed by atoms with Gasteiger partial charge in [-0.3, -0.25) is 9.59 Å². The zero-order valence-electron chi connectivity index (χ0n) is 15.8. The first-order valence-corrected chi connectivity index (χ1v) is 9.64. The van der Waals surface area contributed by atoms with Gasteiger partial charge < -0.3 is 23.5 Å². The van der Waals surface area contributed by atoms with Crippen molar-refractivity contribution < 1.29 is 28.5 Å². The molecule has 0 fully saturated rings. The molecule has 1 amide bonds. The predicted octanol–water partition coefficient (Wildman–Crippen LogP) is 2.74. The smallest absolute Gasteiger partial charge is 0.307 e. The second-order valence-corrected chi connectivity index (χ2v) is 7.16. The van der Waals surface area contributed by atoms with Crippen molar-refractivity contribution in [1.29, 1.82) is 0 Å². The van der Waals surface area contributed by atoms with Gasteiger partial charge in [-0.1, -0.05) is 23.5 Å². The van der Waals surface area contributed by atoms with E-state index in [4.69, 9.17) is 18.9 Å². The molecule has 0 saturated carbocycles. The van der Waals surface area contributed by atoms with Gasteiger partial charge in [0.15, 0.2) is 16.3 Å². The number of nitrogens with zero attached hydrogens (tertiary/aromatic N) is 2. The zero-order chi connectivity index (χ0) is 20.4. The number of ether oxygens (including phenoxy) is 4. The lowest BCUT2D eigenvalue weighted by molar-refractivity contribution is -0.140. The molecule has 1 aliphatic rings. The number of fused-ring (bicyclic) bond motifs is 2. The van der Waals surface area contributed by atoms with Gasteiger partial charge in [0.05, 0.1) is 36.4 Å². The van der Waals surface area contributed by atoms with Gasteiger partial charge >= 0.3 is 5.97 Å². The predicted molar refractivity (Wildman–Crippen MR) is 105 cm³/mol. The van der Waals surface area contributed by atoms with E-state index in [1.54, 1.807) is 24.3 Å². The van der Waals surface area contributed by atoms with Crippen molar-refractivity contribution in [3.63, 3.8) is 0 Å². The Bertz CT molecular complexity index is 1160. The molecule has 0 unspecified atom stereocenters. The van der Waals surface area contributed by atoms with Crippen molar-refractivity contribution >= 4 is 33.4 Å². The molecule has 0 bridgehead atoms. The van der Waals surface area contributed by atoms with Crippen LogP contribution in [0.1, 0.15) is 16.8 Å². The summed E-state index contributed by atoms with van der Waals surface area (Å²) in [5, 5.41) is 0. The standard InChI is InChI=1S/C20H18N2O6S/c1-25-14-6-4-3-5-12(14)19(24)21-20-22(8-7-18(23)26-2)13-9-15-16(28-11-27-15)10-17(13)29-20/h3-6,9-10H,7-8,11H2,1-2H3.